The zero-order chi connectivity index (χ0) is 14.8. The van der Waals surface area contributed by atoms with Crippen LogP contribution in [0, 0.1) is 5.82 Å². The van der Waals surface area contributed by atoms with Crippen LogP contribution < -0.4 is 5.73 Å². The molecule has 2 heteroatoms. The number of halogens is 1. The van der Waals surface area contributed by atoms with Crippen molar-refractivity contribution in [3.63, 3.8) is 0 Å². The predicted molar refractivity (Wildman–Crippen MR) is 85.8 cm³/mol. The van der Waals surface area contributed by atoms with Crippen molar-refractivity contribution in [1.29, 1.82) is 0 Å². The summed E-state index contributed by atoms with van der Waals surface area (Å²) in [4.78, 5) is 0. The van der Waals surface area contributed by atoms with Crippen LogP contribution in [-0.4, -0.2) is 0 Å². The fourth-order valence-corrected chi connectivity index (χ4v) is 2.74. The molecule has 0 saturated heterocycles. The van der Waals surface area contributed by atoms with Gasteiger partial charge in [0.25, 0.3) is 0 Å². The Bertz CT molecular complexity index is 779. The maximum atomic E-state index is 13.9. The van der Waals surface area contributed by atoms with Gasteiger partial charge in [-0.3, -0.25) is 0 Å². The fourth-order valence-electron chi connectivity index (χ4n) is 2.74. The van der Waals surface area contributed by atoms with Gasteiger partial charge < -0.3 is 5.73 Å². The van der Waals surface area contributed by atoms with E-state index in [2.05, 4.69) is 19.1 Å². The number of nitrogens with two attached hydrogens (primary N) is 1. The monoisotopic (exact) mass is 279 g/mol. The van der Waals surface area contributed by atoms with Gasteiger partial charge in [0.1, 0.15) is 5.82 Å². The lowest BCUT2D eigenvalue weighted by Crippen LogP contribution is -2.12. The third-order valence-corrected chi connectivity index (χ3v) is 3.96. The lowest BCUT2D eigenvalue weighted by molar-refractivity contribution is 0.639. The van der Waals surface area contributed by atoms with Crippen molar-refractivity contribution >= 4 is 10.8 Å². The van der Waals surface area contributed by atoms with E-state index in [-0.39, 0.29) is 11.9 Å². The van der Waals surface area contributed by atoms with Crippen LogP contribution in [0.15, 0.2) is 60.7 Å². The first kappa shape index (κ1) is 13.8. The Morgan fingerprint density at radius 3 is 2.48 bits per heavy atom. The van der Waals surface area contributed by atoms with Crippen LogP contribution >= 0.6 is 0 Å². The standard InChI is InChI=1S/C19H18FN/c1-2-13-6-5-7-14(12-13)19(21)17-10-11-18(20)16-9-4-3-8-15(16)17/h3-12,19H,2,21H2,1H3. The molecule has 1 nitrogen and oxygen atoms in total. The molecular weight excluding hydrogens is 261 g/mol. The summed E-state index contributed by atoms with van der Waals surface area (Å²) in [6.45, 7) is 2.12. The molecule has 1 unspecified atom stereocenters. The molecule has 0 saturated carbocycles. The van der Waals surface area contributed by atoms with Gasteiger partial charge >= 0.3 is 0 Å². The van der Waals surface area contributed by atoms with E-state index in [4.69, 9.17) is 5.73 Å². The Kier molecular flexibility index (Phi) is 3.72. The van der Waals surface area contributed by atoms with E-state index in [1.165, 1.54) is 11.6 Å². The number of hydrogen-bond acceptors (Lipinski definition) is 1. The molecule has 106 valence electrons. The molecule has 0 spiro atoms. The Labute approximate surface area is 124 Å². The SMILES string of the molecule is CCc1cccc(C(N)c2ccc(F)c3ccccc23)c1. The average Bonchev–Trinajstić information content (AvgIpc) is 2.55. The van der Waals surface area contributed by atoms with Crippen molar-refractivity contribution < 1.29 is 4.39 Å². The van der Waals surface area contributed by atoms with Gasteiger partial charge in [0.15, 0.2) is 0 Å². The molecule has 0 fully saturated rings. The summed E-state index contributed by atoms with van der Waals surface area (Å²) in [5, 5.41) is 1.50. The van der Waals surface area contributed by atoms with Crippen LogP contribution in [0.5, 0.6) is 0 Å². The van der Waals surface area contributed by atoms with E-state index in [1.54, 1.807) is 12.1 Å². The van der Waals surface area contributed by atoms with Gasteiger partial charge in [0.05, 0.1) is 6.04 Å². The highest BCUT2D eigenvalue weighted by molar-refractivity contribution is 5.87. The first-order valence-corrected chi connectivity index (χ1v) is 7.22. The average molecular weight is 279 g/mol. The molecule has 2 N–H and O–H groups in total. The van der Waals surface area contributed by atoms with Crippen molar-refractivity contribution in [2.75, 3.05) is 0 Å². The molecule has 0 aliphatic carbocycles. The van der Waals surface area contributed by atoms with Crippen LogP contribution in [-0.2, 0) is 6.42 Å². The Morgan fingerprint density at radius 1 is 0.952 bits per heavy atom. The summed E-state index contributed by atoms with van der Waals surface area (Å²) in [7, 11) is 0. The van der Waals surface area contributed by atoms with E-state index >= 15 is 0 Å². The van der Waals surface area contributed by atoms with E-state index in [9.17, 15) is 4.39 Å². The second-order valence-electron chi connectivity index (χ2n) is 5.26. The van der Waals surface area contributed by atoms with E-state index in [0.29, 0.717) is 5.39 Å². The number of benzene rings is 3. The zero-order valence-electron chi connectivity index (χ0n) is 12.0. The number of fused-ring (bicyclic) bond motifs is 1. The highest BCUT2D eigenvalue weighted by atomic mass is 19.1. The molecule has 0 aliphatic heterocycles. The molecular formula is C19H18FN. The fraction of sp³-hybridized carbons (Fsp3) is 0.158. The highest BCUT2D eigenvalue weighted by Crippen LogP contribution is 2.29. The molecule has 1 atom stereocenters. The van der Waals surface area contributed by atoms with Gasteiger partial charge in [-0.25, -0.2) is 4.39 Å². The molecule has 0 bridgehead atoms. The molecule has 3 aromatic carbocycles. The zero-order valence-corrected chi connectivity index (χ0v) is 12.0. The largest absolute Gasteiger partial charge is 0.320 e. The minimum atomic E-state index is -0.248. The topological polar surface area (TPSA) is 26.0 Å². The van der Waals surface area contributed by atoms with Crippen molar-refractivity contribution in [2.24, 2.45) is 5.73 Å². The van der Waals surface area contributed by atoms with E-state index in [0.717, 1.165) is 22.9 Å². The molecule has 0 amide bonds. The quantitative estimate of drug-likeness (QED) is 0.745. The van der Waals surface area contributed by atoms with Crippen molar-refractivity contribution in [2.45, 2.75) is 19.4 Å². The second-order valence-corrected chi connectivity index (χ2v) is 5.26. The maximum absolute atomic E-state index is 13.9. The third kappa shape index (κ3) is 2.55. The predicted octanol–water partition coefficient (Wildman–Crippen LogP) is 4.59. The molecule has 3 rings (SSSR count). The lowest BCUT2D eigenvalue weighted by Gasteiger charge is -2.16. The van der Waals surface area contributed by atoms with Gasteiger partial charge in [-0.15, -0.1) is 0 Å². The second kappa shape index (κ2) is 5.66. The van der Waals surface area contributed by atoms with Gasteiger partial charge in [0, 0.05) is 5.39 Å². The summed E-state index contributed by atoms with van der Waals surface area (Å²) >= 11 is 0. The molecule has 0 heterocycles. The Morgan fingerprint density at radius 2 is 1.71 bits per heavy atom. The highest BCUT2D eigenvalue weighted by Gasteiger charge is 2.14. The molecule has 0 radical (unpaired) electrons. The smallest absolute Gasteiger partial charge is 0.131 e. The van der Waals surface area contributed by atoms with E-state index in [1.807, 2.05) is 30.3 Å². The number of hydrogen-bond donors (Lipinski definition) is 1. The van der Waals surface area contributed by atoms with Crippen LogP contribution in [0.1, 0.15) is 29.7 Å². The summed E-state index contributed by atoms with van der Waals surface area (Å²) in [6, 6.07) is 18.8. The van der Waals surface area contributed by atoms with Crippen molar-refractivity contribution in [3.05, 3.63) is 83.2 Å². The van der Waals surface area contributed by atoms with Crippen LogP contribution in [0.2, 0.25) is 0 Å². The van der Waals surface area contributed by atoms with Gasteiger partial charge in [-0.05, 0) is 34.6 Å². The molecule has 3 aromatic rings. The van der Waals surface area contributed by atoms with Crippen LogP contribution in [0.3, 0.4) is 0 Å². The maximum Gasteiger partial charge on any atom is 0.131 e. The van der Waals surface area contributed by atoms with E-state index < -0.39 is 0 Å². The minimum absolute atomic E-state index is 0.205. The molecule has 0 aliphatic rings. The van der Waals surface area contributed by atoms with Crippen LogP contribution in [0.25, 0.3) is 10.8 Å². The number of rotatable bonds is 3. The van der Waals surface area contributed by atoms with Crippen LogP contribution in [0.4, 0.5) is 4.39 Å². The summed E-state index contributed by atoms with van der Waals surface area (Å²) in [6.07, 6.45) is 0.977. The van der Waals surface area contributed by atoms with Crippen molar-refractivity contribution in [1.82, 2.24) is 0 Å². The first-order chi connectivity index (χ1) is 10.2. The first-order valence-electron chi connectivity index (χ1n) is 7.22. The van der Waals surface area contributed by atoms with Crippen molar-refractivity contribution in [3.8, 4) is 0 Å². The van der Waals surface area contributed by atoms with Gasteiger partial charge in [-0.1, -0.05) is 61.5 Å². The molecule has 0 aromatic heterocycles. The Balaban J connectivity index is 2.13. The lowest BCUT2D eigenvalue weighted by atomic mass is 9.93. The Hall–Kier alpha value is -2.19. The number of aryl methyl sites for hydroxylation is 1. The molecule has 21 heavy (non-hydrogen) atoms. The normalized spacial score (nSPS) is 12.5. The van der Waals surface area contributed by atoms with Gasteiger partial charge in [0.2, 0.25) is 0 Å². The summed E-state index contributed by atoms with van der Waals surface area (Å²) in [5.41, 5.74) is 9.71. The summed E-state index contributed by atoms with van der Waals surface area (Å²) < 4.78 is 13.9. The third-order valence-electron chi connectivity index (χ3n) is 3.96. The van der Waals surface area contributed by atoms with Gasteiger partial charge in [-0.2, -0.15) is 0 Å². The summed E-state index contributed by atoms with van der Waals surface area (Å²) in [5.74, 6) is -0.205. The minimum Gasteiger partial charge on any atom is -0.320 e.